The third-order valence-electron chi connectivity index (χ3n) is 4.20. The summed E-state index contributed by atoms with van der Waals surface area (Å²) in [5.74, 6) is 0.154. The van der Waals surface area contributed by atoms with Gasteiger partial charge in [0, 0.05) is 29.8 Å². The molecule has 0 radical (unpaired) electrons. The number of nitrogens with zero attached hydrogens (tertiary/aromatic N) is 3. The minimum Gasteiger partial charge on any atom is -0.491 e. The summed E-state index contributed by atoms with van der Waals surface area (Å²) in [7, 11) is 1.40. The Bertz CT molecular complexity index is 1040. The minimum atomic E-state index is -4.39. The molecule has 0 aliphatic rings. The van der Waals surface area contributed by atoms with Crippen molar-refractivity contribution in [1.82, 2.24) is 19.9 Å². The van der Waals surface area contributed by atoms with Gasteiger partial charge >= 0.3 is 6.18 Å². The minimum absolute atomic E-state index is 0.190. The number of H-pyrrole nitrogens is 1. The Labute approximate surface area is 168 Å². The van der Waals surface area contributed by atoms with Gasteiger partial charge in [-0.3, -0.25) is 4.79 Å². The number of rotatable bonds is 7. The molecule has 29 heavy (non-hydrogen) atoms. The van der Waals surface area contributed by atoms with Gasteiger partial charge in [-0.05, 0) is 13.0 Å². The predicted octanol–water partition coefficient (Wildman–Crippen LogP) is 4.39. The lowest BCUT2D eigenvalue weighted by atomic mass is 10.1. The maximum atomic E-state index is 12.4. The lowest BCUT2D eigenvalue weighted by Gasteiger charge is -2.16. The Morgan fingerprint density at radius 2 is 2.10 bits per heavy atom. The molecule has 0 aromatic carbocycles. The summed E-state index contributed by atoms with van der Waals surface area (Å²) < 4.78 is 42.3. The van der Waals surface area contributed by atoms with Crippen LogP contribution in [0.1, 0.15) is 19.8 Å². The molecule has 0 aliphatic heterocycles. The molecule has 0 bridgehead atoms. The fraction of sp³-hybridized carbons (Fsp3) is 0.333. The second-order valence-corrected chi connectivity index (χ2v) is 6.75. The van der Waals surface area contributed by atoms with Gasteiger partial charge in [-0.15, -0.1) is 0 Å². The number of fused-ring (bicyclic) bond motifs is 1. The van der Waals surface area contributed by atoms with Crippen molar-refractivity contribution >= 4 is 34.2 Å². The number of ketones is 1. The number of anilines is 1. The Morgan fingerprint density at radius 1 is 1.34 bits per heavy atom. The molecule has 3 aromatic rings. The second kappa shape index (κ2) is 8.24. The molecule has 154 valence electrons. The Balaban J connectivity index is 1.87. The van der Waals surface area contributed by atoms with Gasteiger partial charge in [0.05, 0.1) is 30.8 Å². The zero-order valence-corrected chi connectivity index (χ0v) is 16.2. The number of hydrogen-bond acceptors (Lipinski definition) is 6. The third-order valence-corrected chi connectivity index (χ3v) is 4.41. The fourth-order valence-corrected chi connectivity index (χ4v) is 2.84. The van der Waals surface area contributed by atoms with Crippen molar-refractivity contribution in [1.29, 1.82) is 0 Å². The molecule has 11 heteroatoms. The predicted molar refractivity (Wildman–Crippen MR) is 102 cm³/mol. The van der Waals surface area contributed by atoms with Gasteiger partial charge in [-0.25, -0.2) is 15.0 Å². The van der Waals surface area contributed by atoms with Crippen LogP contribution in [0, 0.1) is 0 Å². The van der Waals surface area contributed by atoms with Gasteiger partial charge in [-0.1, -0.05) is 11.6 Å². The Kier molecular flexibility index (Phi) is 5.92. The molecule has 0 spiro atoms. The highest BCUT2D eigenvalue weighted by molar-refractivity contribution is 6.31. The molecule has 0 aliphatic carbocycles. The molecular formula is C18H17ClF3N5O2. The molecule has 0 unspecified atom stereocenters. The molecule has 0 fully saturated rings. The Hall–Kier alpha value is -2.88. The molecule has 0 amide bonds. The van der Waals surface area contributed by atoms with E-state index in [2.05, 4.69) is 25.3 Å². The van der Waals surface area contributed by atoms with Gasteiger partial charge in [0.15, 0.2) is 23.2 Å². The summed E-state index contributed by atoms with van der Waals surface area (Å²) in [6, 6.07) is 0.813. The van der Waals surface area contributed by atoms with Crippen molar-refractivity contribution in [3.63, 3.8) is 0 Å². The van der Waals surface area contributed by atoms with E-state index in [1.165, 1.54) is 26.4 Å². The summed E-state index contributed by atoms with van der Waals surface area (Å²) in [6.45, 7) is 1.47. The normalized spacial score (nSPS) is 12.8. The second-order valence-electron chi connectivity index (χ2n) is 6.31. The van der Waals surface area contributed by atoms with E-state index in [-0.39, 0.29) is 11.6 Å². The van der Waals surface area contributed by atoms with E-state index in [0.717, 1.165) is 0 Å². The van der Waals surface area contributed by atoms with Crippen LogP contribution in [0.5, 0.6) is 5.75 Å². The van der Waals surface area contributed by atoms with E-state index in [0.29, 0.717) is 27.4 Å². The summed E-state index contributed by atoms with van der Waals surface area (Å²) in [4.78, 5) is 27.8. The van der Waals surface area contributed by atoms with Crippen LogP contribution in [0.3, 0.4) is 0 Å². The van der Waals surface area contributed by atoms with E-state index >= 15 is 0 Å². The third kappa shape index (κ3) is 4.94. The summed E-state index contributed by atoms with van der Waals surface area (Å²) in [5, 5.41) is 3.95. The van der Waals surface area contributed by atoms with Crippen molar-refractivity contribution in [2.45, 2.75) is 32.0 Å². The summed E-state index contributed by atoms with van der Waals surface area (Å²) >= 11 is 6.01. The number of alkyl halides is 3. The number of aromatic nitrogens is 4. The first-order chi connectivity index (χ1) is 13.7. The van der Waals surface area contributed by atoms with Gasteiger partial charge in [0.1, 0.15) is 5.65 Å². The molecule has 0 saturated heterocycles. The van der Waals surface area contributed by atoms with Crippen molar-refractivity contribution < 1.29 is 22.7 Å². The van der Waals surface area contributed by atoms with E-state index < -0.39 is 30.8 Å². The first-order valence-electron chi connectivity index (χ1n) is 8.58. The topological polar surface area (TPSA) is 92.8 Å². The number of aromatic amines is 1. The molecule has 3 aromatic heterocycles. The lowest BCUT2D eigenvalue weighted by Crippen LogP contribution is -2.28. The average molecular weight is 428 g/mol. The van der Waals surface area contributed by atoms with Crippen LogP contribution in [-0.4, -0.2) is 45.0 Å². The number of carbonyl (C=O) groups is 1. The number of Topliss-reactive ketones (excluding diaryl/α,β-unsaturated/α-hetero) is 1. The molecular weight excluding hydrogens is 411 g/mol. The van der Waals surface area contributed by atoms with Gasteiger partial charge in [-0.2, -0.15) is 13.2 Å². The molecule has 3 heterocycles. The fourth-order valence-electron chi connectivity index (χ4n) is 2.68. The van der Waals surface area contributed by atoms with Gasteiger partial charge < -0.3 is 15.0 Å². The van der Waals surface area contributed by atoms with Gasteiger partial charge in [0.25, 0.3) is 0 Å². The van der Waals surface area contributed by atoms with Crippen molar-refractivity contribution in [3.05, 3.63) is 29.7 Å². The zero-order valence-electron chi connectivity index (χ0n) is 15.5. The van der Waals surface area contributed by atoms with Crippen molar-refractivity contribution in [2.75, 3.05) is 12.4 Å². The number of carbonyl (C=O) groups excluding carboxylic acids is 1. The number of hydrogen-bond donors (Lipinski definition) is 2. The van der Waals surface area contributed by atoms with E-state index in [4.69, 9.17) is 16.3 Å². The van der Waals surface area contributed by atoms with E-state index in [1.54, 1.807) is 12.3 Å². The standard InChI is InChI=1S/C18H17ClF3N5O2/c1-9(13(28)3-4-18(20,21)22)26-17-14(29-2)8-25-16(27-17)12-7-24-15-11(12)5-10(19)6-23-15/h5-9H,3-4H2,1-2H3,(H,23,24)(H,25,26,27)/t9-/m0/s1. The van der Waals surface area contributed by atoms with Crippen LogP contribution >= 0.6 is 11.6 Å². The van der Waals surface area contributed by atoms with Crippen LogP contribution < -0.4 is 10.1 Å². The first-order valence-corrected chi connectivity index (χ1v) is 8.96. The highest BCUT2D eigenvalue weighted by atomic mass is 35.5. The van der Waals surface area contributed by atoms with E-state index in [9.17, 15) is 18.0 Å². The Morgan fingerprint density at radius 3 is 2.79 bits per heavy atom. The molecule has 7 nitrogen and oxygen atoms in total. The number of methoxy groups -OCH3 is 1. The maximum Gasteiger partial charge on any atom is 0.389 e. The quantitative estimate of drug-likeness (QED) is 0.580. The van der Waals surface area contributed by atoms with Gasteiger partial charge in [0.2, 0.25) is 0 Å². The van der Waals surface area contributed by atoms with Crippen molar-refractivity contribution in [3.8, 4) is 17.1 Å². The zero-order chi connectivity index (χ0) is 21.2. The molecule has 1 atom stereocenters. The molecule has 0 saturated carbocycles. The number of ether oxygens (including phenoxy) is 1. The van der Waals surface area contributed by atoms with Crippen LogP contribution in [0.4, 0.5) is 19.0 Å². The monoisotopic (exact) mass is 427 g/mol. The van der Waals surface area contributed by atoms with Crippen LogP contribution in [0.25, 0.3) is 22.4 Å². The summed E-state index contributed by atoms with van der Waals surface area (Å²) in [6.07, 6.45) is -1.61. The number of halogens is 4. The number of nitrogens with one attached hydrogen (secondary N) is 2. The average Bonchev–Trinajstić information content (AvgIpc) is 3.08. The maximum absolute atomic E-state index is 12.4. The van der Waals surface area contributed by atoms with Crippen LogP contribution in [-0.2, 0) is 4.79 Å². The molecule has 3 rings (SSSR count). The highest BCUT2D eigenvalue weighted by Crippen LogP contribution is 2.30. The summed E-state index contributed by atoms with van der Waals surface area (Å²) in [5.41, 5.74) is 1.21. The molecule has 2 N–H and O–H groups in total. The van der Waals surface area contributed by atoms with E-state index in [1.807, 2.05) is 0 Å². The SMILES string of the molecule is COc1cnc(-c2c[nH]c3ncc(Cl)cc23)nc1N[C@@H](C)C(=O)CCC(F)(F)F. The van der Waals surface area contributed by atoms with Crippen LogP contribution in [0.2, 0.25) is 5.02 Å². The first kappa shape index (κ1) is 20.8. The lowest BCUT2D eigenvalue weighted by molar-refractivity contribution is -0.143. The smallest absolute Gasteiger partial charge is 0.389 e. The number of pyridine rings is 1. The highest BCUT2D eigenvalue weighted by Gasteiger charge is 2.29. The van der Waals surface area contributed by atoms with Crippen LogP contribution in [0.15, 0.2) is 24.7 Å². The largest absolute Gasteiger partial charge is 0.491 e. The van der Waals surface area contributed by atoms with Crippen molar-refractivity contribution in [2.24, 2.45) is 0 Å².